The van der Waals surface area contributed by atoms with Crippen LogP contribution in [0.1, 0.15) is 11.3 Å². The topological polar surface area (TPSA) is 74.0 Å². The quantitative estimate of drug-likeness (QED) is 0.875. The summed E-state index contributed by atoms with van der Waals surface area (Å²) in [5.74, 6) is -0.466. The van der Waals surface area contributed by atoms with E-state index in [2.05, 4.69) is 0 Å². The molecule has 0 aliphatic carbocycles. The second-order valence-corrected chi connectivity index (χ2v) is 4.58. The van der Waals surface area contributed by atoms with Crippen LogP contribution in [0.2, 0.25) is 0 Å². The molecule has 1 aliphatic heterocycles. The molecule has 1 aromatic heterocycles. The second-order valence-electron chi connectivity index (χ2n) is 4.58. The molecule has 0 spiro atoms. The summed E-state index contributed by atoms with van der Waals surface area (Å²) in [5, 5.41) is 8.75. The summed E-state index contributed by atoms with van der Waals surface area (Å²) in [6, 6.07) is 1.68. The molecule has 1 aromatic rings. The maximum Gasteiger partial charge on any atom is 0.320 e. The molecule has 6 nitrogen and oxygen atoms in total. The summed E-state index contributed by atoms with van der Waals surface area (Å²) < 4.78 is 5.17. The molecule has 1 fully saturated rings. The van der Waals surface area contributed by atoms with Crippen molar-refractivity contribution in [3.63, 3.8) is 0 Å². The molecule has 18 heavy (non-hydrogen) atoms. The Kier molecular flexibility index (Phi) is 3.27. The number of carbonyl (C=O) groups is 2. The molecule has 0 unspecified atom stereocenters. The summed E-state index contributed by atoms with van der Waals surface area (Å²) in [6.07, 6.45) is 1.59. The molecule has 6 heteroatoms. The molecular formula is C12H16N2O4. The van der Waals surface area contributed by atoms with E-state index >= 15 is 0 Å². The van der Waals surface area contributed by atoms with Crippen LogP contribution in [-0.2, 0) is 11.3 Å². The van der Waals surface area contributed by atoms with Crippen molar-refractivity contribution in [3.05, 3.63) is 23.7 Å². The van der Waals surface area contributed by atoms with E-state index in [4.69, 9.17) is 9.52 Å². The Bertz CT molecular complexity index is 462. The van der Waals surface area contributed by atoms with Crippen LogP contribution in [0.5, 0.6) is 0 Å². The van der Waals surface area contributed by atoms with E-state index in [-0.39, 0.29) is 6.03 Å². The Morgan fingerprint density at radius 2 is 2.22 bits per heavy atom. The van der Waals surface area contributed by atoms with Gasteiger partial charge in [0.05, 0.1) is 18.7 Å². The van der Waals surface area contributed by atoms with Crippen LogP contribution in [0, 0.1) is 12.8 Å². The van der Waals surface area contributed by atoms with E-state index in [1.54, 1.807) is 18.2 Å². The predicted octanol–water partition coefficient (Wildman–Crippen LogP) is 1.16. The van der Waals surface area contributed by atoms with Crippen LogP contribution < -0.4 is 0 Å². The number of hydrogen-bond acceptors (Lipinski definition) is 3. The van der Waals surface area contributed by atoms with Crippen LogP contribution in [-0.4, -0.2) is 47.0 Å². The van der Waals surface area contributed by atoms with E-state index in [0.717, 1.165) is 11.3 Å². The molecule has 0 saturated carbocycles. The fourth-order valence-corrected chi connectivity index (χ4v) is 1.93. The fraction of sp³-hybridized carbons (Fsp3) is 0.500. The lowest BCUT2D eigenvalue weighted by atomic mass is 10.0. The van der Waals surface area contributed by atoms with Gasteiger partial charge in [0.1, 0.15) is 5.76 Å². The Balaban J connectivity index is 1.87. The molecule has 0 radical (unpaired) electrons. The predicted molar refractivity (Wildman–Crippen MR) is 63.0 cm³/mol. The summed E-state index contributed by atoms with van der Waals surface area (Å²) in [6.45, 7) is 2.90. The molecular weight excluding hydrogens is 236 g/mol. The minimum atomic E-state index is -0.840. The van der Waals surface area contributed by atoms with Gasteiger partial charge in [-0.25, -0.2) is 4.79 Å². The van der Waals surface area contributed by atoms with Crippen molar-refractivity contribution in [2.75, 3.05) is 20.1 Å². The molecule has 0 bridgehead atoms. The molecule has 2 heterocycles. The zero-order valence-corrected chi connectivity index (χ0v) is 10.4. The normalized spacial score (nSPS) is 15.3. The fourth-order valence-electron chi connectivity index (χ4n) is 1.93. The summed E-state index contributed by atoms with van der Waals surface area (Å²) in [5.41, 5.74) is 0.959. The first kappa shape index (κ1) is 12.5. The van der Waals surface area contributed by atoms with Crippen molar-refractivity contribution in [1.82, 2.24) is 9.80 Å². The molecule has 0 aromatic carbocycles. The summed E-state index contributed by atoms with van der Waals surface area (Å²) in [4.78, 5) is 25.7. The number of furan rings is 1. The van der Waals surface area contributed by atoms with Gasteiger partial charge in [0.15, 0.2) is 0 Å². The molecule has 1 saturated heterocycles. The molecule has 98 valence electrons. The SMILES string of the molecule is Cc1occc1CN(C)C(=O)N1CC(C(=O)O)C1. The highest BCUT2D eigenvalue weighted by molar-refractivity contribution is 5.79. The van der Waals surface area contributed by atoms with Gasteiger partial charge in [0, 0.05) is 25.7 Å². The van der Waals surface area contributed by atoms with Crippen molar-refractivity contribution in [2.24, 2.45) is 5.92 Å². The van der Waals surface area contributed by atoms with E-state index < -0.39 is 11.9 Å². The minimum Gasteiger partial charge on any atom is -0.481 e. The number of aliphatic carboxylic acids is 1. The van der Waals surface area contributed by atoms with Gasteiger partial charge in [0.25, 0.3) is 0 Å². The summed E-state index contributed by atoms with van der Waals surface area (Å²) >= 11 is 0. The zero-order valence-electron chi connectivity index (χ0n) is 10.4. The largest absolute Gasteiger partial charge is 0.481 e. The molecule has 2 amide bonds. The third-order valence-corrected chi connectivity index (χ3v) is 3.20. The monoisotopic (exact) mass is 252 g/mol. The maximum absolute atomic E-state index is 12.0. The van der Waals surface area contributed by atoms with Crippen LogP contribution in [0.3, 0.4) is 0 Å². The second kappa shape index (κ2) is 4.72. The van der Waals surface area contributed by atoms with Gasteiger partial charge in [-0.15, -0.1) is 0 Å². The van der Waals surface area contributed by atoms with E-state index in [0.29, 0.717) is 19.6 Å². The van der Waals surface area contributed by atoms with E-state index in [9.17, 15) is 9.59 Å². The lowest BCUT2D eigenvalue weighted by Gasteiger charge is -2.38. The zero-order chi connectivity index (χ0) is 13.3. The highest BCUT2D eigenvalue weighted by atomic mass is 16.4. The van der Waals surface area contributed by atoms with Crippen LogP contribution in [0.15, 0.2) is 16.7 Å². The van der Waals surface area contributed by atoms with Crippen molar-refractivity contribution in [1.29, 1.82) is 0 Å². The average Bonchev–Trinajstić information content (AvgIpc) is 2.61. The number of carboxylic acid groups (broad SMARTS) is 1. The lowest BCUT2D eigenvalue weighted by molar-refractivity contribution is -0.146. The summed E-state index contributed by atoms with van der Waals surface area (Å²) in [7, 11) is 1.70. The smallest absolute Gasteiger partial charge is 0.320 e. The van der Waals surface area contributed by atoms with E-state index in [1.165, 1.54) is 4.90 Å². The molecule has 1 aliphatic rings. The lowest BCUT2D eigenvalue weighted by Crippen LogP contribution is -2.56. The number of hydrogen-bond donors (Lipinski definition) is 1. The van der Waals surface area contributed by atoms with Crippen molar-refractivity contribution >= 4 is 12.0 Å². The van der Waals surface area contributed by atoms with Crippen molar-refractivity contribution < 1.29 is 19.1 Å². The van der Waals surface area contributed by atoms with Gasteiger partial charge in [-0.05, 0) is 13.0 Å². The standard InChI is InChI=1S/C12H16N2O4/c1-8-9(3-4-18-8)5-13(2)12(17)14-6-10(7-14)11(15)16/h3-4,10H,5-7H2,1-2H3,(H,15,16). The van der Waals surface area contributed by atoms with Gasteiger partial charge < -0.3 is 19.3 Å². The van der Waals surface area contributed by atoms with Crippen molar-refractivity contribution in [3.8, 4) is 0 Å². The van der Waals surface area contributed by atoms with Crippen LogP contribution in [0.4, 0.5) is 4.79 Å². The number of aryl methyl sites for hydroxylation is 1. The van der Waals surface area contributed by atoms with Gasteiger partial charge in [0.2, 0.25) is 0 Å². The van der Waals surface area contributed by atoms with Gasteiger partial charge >= 0.3 is 12.0 Å². The first-order chi connectivity index (χ1) is 8.49. The highest BCUT2D eigenvalue weighted by Gasteiger charge is 2.36. The third kappa shape index (κ3) is 2.32. The van der Waals surface area contributed by atoms with Crippen LogP contribution in [0.25, 0.3) is 0 Å². The number of likely N-dealkylation sites (tertiary alicyclic amines) is 1. The van der Waals surface area contributed by atoms with Crippen molar-refractivity contribution in [2.45, 2.75) is 13.5 Å². The third-order valence-electron chi connectivity index (χ3n) is 3.20. The number of carbonyl (C=O) groups excluding carboxylic acids is 1. The van der Waals surface area contributed by atoms with Crippen LogP contribution >= 0.6 is 0 Å². The molecule has 1 N–H and O–H groups in total. The van der Waals surface area contributed by atoms with Gasteiger partial charge in [-0.2, -0.15) is 0 Å². The number of nitrogens with zero attached hydrogens (tertiary/aromatic N) is 2. The Morgan fingerprint density at radius 3 is 2.72 bits per heavy atom. The minimum absolute atomic E-state index is 0.145. The molecule has 2 rings (SSSR count). The Morgan fingerprint density at radius 1 is 1.56 bits per heavy atom. The Hall–Kier alpha value is -1.98. The first-order valence-corrected chi connectivity index (χ1v) is 5.75. The molecule has 0 atom stereocenters. The number of amides is 2. The number of carboxylic acids is 1. The number of rotatable bonds is 3. The highest BCUT2D eigenvalue weighted by Crippen LogP contribution is 2.19. The average molecular weight is 252 g/mol. The Labute approximate surface area is 105 Å². The number of urea groups is 1. The van der Waals surface area contributed by atoms with Gasteiger partial charge in [-0.3, -0.25) is 4.79 Å². The van der Waals surface area contributed by atoms with Gasteiger partial charge in [-0.1, -0.05) is 0 Å². The van der Waals surface area contributed by atoms with E-state index in [1.807, 2.05) is 13.0 Å². The maximum atomic E-state index is 12.0. The first-order valence-electron chi connectivity index (χ1n) is 5.75.